The Hall–Kier alpha value is -0.283. The molecule has 3 heteroatoms. The van der Waals surface area contributed by atoms with Crippen LogP contribution in [0.15, 0.2) is 24.3 Å². The Morgan fingerprint density at radius 2 is 1.75 bits per heavy atom. The molecule has 1 rings (SSSR count). The van der Waals surface area contributed by atoms with Crippen LogP contribution in [-0.2, 0) is 0 Å². The molecule has 0 atom stereocenters. The largest absolute Gasteiger partial charge is 0.508 e. The van der Waals surface area contributed by atoms with Crippen LogP contribution >= 0.6 is 15.9 Å². The minimum Gasteiger partial charge on any atom is -0.508 e. The van der Waals surface area contributed by atoms with E-state index in [0.29, 0.717) is 5.75 Å². The zero-order valence-electron chi connectivity index (χ0n) is 7.34. The summed E-state index contributed by atoms with van der Waals surface area (Å²) in [6.07, 6.45) is 0. The first-order valence-electron chi connectivity index (χ1n) is 3.92. The fourth-order valence-electron chi connectivity index (χ4n) is 0.990. The zero-order valence-corrected chi connectivity index (χ0v) is 9.93. The predicted octanol–water partition coefficient (Wildman–Crippen LogP) is 2.24. The second-order valence-electron chi connectivity index (χ2n) is 3.56. The van der Waals surface area contributed by atoms with Gasteiger partial charge in [0.25, 0.3) is 0 Å². The molecular weight excluding hydrogens is 232 g/mol. The molecule has 0 saturated heterocycles. The minimum absolute atomic E-state index is 0.345. The Balaban J connectivity index is 2.96. The van der Waals surface area contributed by atoms with E-state index in [-0.39, 0.29) is 0 Å². The van der Waals surface area contributed by atoms with E-state index in [0.717, 1.165) is 4.95 Å². The molecule has 0 aliphatic rings. The van der Waals surface area contributed by atoms with Crippen molar-refractivity contribution in [1.82, 2.24) is 0 Å². The van der Waals surface area contributed by atoms with Crippen LogP contribution in [0.3, 0.4) is 0 Å². The van der Waals surface area contributed by atoms with Crippen molar-refractivity contribution < 1.29 is 5.11 Å². The molecule has 0 spiro atoms. The number of phenols is 1. The molecule has 0 bridgehead atoms. The third kappa shape index (κ3) is 2.11. The topological polar surface area (TPSA) is 20.2 Å². The van der Waals surface area contributed by atoms with Crippen LogP contribution in [0.1, 0.15) is 0 Å². The second kappa shape index (κ2) is 3.62. The molecule has 1 aromatic rings. The first-order valence-corrected chi connectivity index (χ1v) is 8.24. The van der Waals surface area contributed by atoms with Gasteiger partial charge in [0.1, 0.15) is 5.75 Å². The molecule has 12 heavy (non-hydrogen) atoms. The summed E-state index contributed by atoms with van der Waals surface area (Å²) >= 11 is 3.53. The molecule has 0 fully saturated rings. The molecule has 0 saturated carbocycles. The van der Waals surface area contributed by atoms with Crippen molar-refractivity contribution in [2.75, 3.05) is 4.95 Å². The maximum Gasteiger partial charge on any atom is 0.115 e. The maximum absolute atomic E-state index is 9.10. The summed E-state index contributed by atoms with van der Waals surface area (Å²) < 4.78 is 0. The molecular formula is C9H13BrOSi. The van der Waals surface area contributed by atoms with Crippen LogP contribution in [0.5, 0.6) is 5.75 Å². The van der Waals surface area contributed by atoms with Crippen LogP contribution < -0.4 is 5.19 Å². The average Bonchev–Trinajstić information content (AvgIpc) is 2.05. The minimum atomic E-state index is -1.27. The Kier molecular flexibility index (Phi) is 2.96. The molecule has 0 radical (unpaired) electrons. The van der Waals surface area contributed by atoms with Gasteiger partial charge in [-0.2, -0.15) is 0 Å². The molecule has 0 unspecified atom stereocenters. The lowest BCUT2D eigenvalue weighted by Gasteiger charge is -2.19. The Morgan fingerprint density at radius 3 is 2.17 bits per heavy atom. The van der Waals surface area contributed by atoms with Gasteiger partial charge < -0.3 is 5.11 Å². The number of rotatable bonds is 2. The molecule has 1 aromatic carbocycles. The summed E-state index contributed by atoms with van der Waals surface area (Å²) in [5.41, 5.74) is 0. The van der Waals surface area contributed by atoms with Gasteiger partial charge in [-0.3, -0.25) is 0 Å². The molecule has 0 aliphatic heterocycles. The number of aromatic hydroxyl groups is 1. The van der Waals surface area contributed by atoms with Gasteiger partial charge in [-0.05, 0) is 12.1 Å². The summed E-state index contributed by atoms with van der Waals surface area (Å²) in [6, 6.07) is 7.55. The predicted molar refractivity (Wildman–Crippen MR) is 59.0 cm³/mol. The third-order valence-corrected chi connectivity index (χ3v) is 8.75. The maximum atomic E-state index is 9.10. The second-order valence-corrected chi connectivity index (χ2v) is 9.86. The Morgan fingerprint density at radius 1 is 1.25 bits per heavy atom. The summed E-state index contributed by atoms with van der Waals surface area (Å²) in [7, 11) is -1.27. The van der Waals surface area contributed by atoms with Gasteiger partial charge in [0.15, 0.2) is 0 Å². The van der Waals surface area contributed by atoms with Gasteiger partial charge in [0, 0.05) is 4.95 Å². The number of halogens is 1. The SMILES string of the molecule is C[Si](C)(CBr)c1ccc(O)cc1. The zero-order chi connectivity index (χ0) is 9.19. The highest BCUT2D eigenvalue weighted by atomic mass is 79.9. The van der Waals surface area contributed by atoms with Gasteiger partial charge in [-0.15, -0.1) is 0 Å². The Bertz CT molecular complexity index is 256. The van der Waals surface area contributed by atoms with E-state index in [2.05, 4.69) is 29.0 Å². The first kappa shape index (κ1) is 9.80. The molecule has 0 amide bonds. The molecule has 0 heterocycles. The van der Waals surface area contributed by atoms with E-state index < -0.39 is 8.07 Å². The van der Waals surface area contributed by atoms with Crippen molar-refractivity contribution in [3.8, 4) is 5.75 Å². The summed E-state index contributed by atoms with van der Waals surface area (Å²) in [5, 5.41) is 10.5. The van der Waals surface area contributed by atoms with E-state index in [1.165, 1.54) is 5.19 Å². The molecule has 1 nitrogen and oxygen atoms in total. The fraction of sp³-hybridized carbons (Fsp3) is 0.333. The number of benzene rings is 1. The Labute approximate surface area is 82.6 Å². The highest BCUT2D eigenvalue weighted by molar-refractivity contribution is 9.09. The van der Waals surface area contributed by atoms with Crippen molar-refractivity contribution in [1.29, 1.82) is 0 Å². The number of hydrogen-bond acceptors (Lipinski definition) is 1. The van der Waals surface area contributed by atoms with Gasteiger partial charge in [0.2, 0.25) is 0 Å². The van der Waals surface area contributed by atoms with Crippen molar-refractivity contribution in [3.63, 3.8) is 0 Å². The summed E-state index contributed by atoms with van der Waals surface area (Å²) in [6.45, 7) is 4.60. The van der Waals surface area contributed by atoms with Gasteiger partial charge in [-0.1, -0.05) is 46.3 Å². The third-order valence-electron chi connectivity index (χ3n) is 1.98. The van der Waals surface area contributed by atoms with E-state index in [1.807, 2.05) is 12.1 Å². The van der Waals surface area contributed by atoms with Crippen LogP contribution in [0, 0.1) is 0 Å². The van der Waals surface area contributed by atoms with E-state index in [9.17, 15) is 0 Å². The fourth-order valence-corrected chi connectivity index (χ4v) is 3.18. The quantitative estimate of drug-likeness (QED) is 0.625. The average molecular weight is 245 g/mol. The van der Waals surface area contributed by atoms with Gasteiger partial charge in [0.05, 0.1) is 8.07 Å². The first-order chi connectivity index (χ1) is 5.56. The van der Waals surface area contributed by atoms with Crippen LogP contribution in [0.25, 0.3) is 0 Å². The van der Waals surface area contributed by atoms with Crippen molar-refractivity contribution in [2.45, 2.75) is 13.1 Å². The monoisotopic (exact) mass is 244 g/mol. The van der Waals surface area contributed by atoms with E-state index in [4.69, 9.17) is 5.11 Å². The number of hydrogen-bond donors (Lipinski definition) is 1. The lowest BCUT2D eigenvalue weighted by molar-refractivity contribution is 0.475. The van der Waals surface area contributed by atoms with E-state index in [1.54, 1.807) is 12.1 Å². The van der Waals surface area contributed by atoms with Gasteiger partial charge in [-0.25, -0.2) is 0 Å². The molecule has 0 aromatic heterocycles. The van der Waals surface area contributed by atoms with Crippen LogP contribution in [-0.4, -0.2) is 18.1 Å². The number of alkyl halides is 1. The molecule has 66 valence electrons. The lowest BCUT2D eigenvalue weighted by Crippen LogP contribution is -2.43. The van der Waals surface area contributed by atoms with Crippen LogP contribution in [0.2, 0.25) is 13.1 Å². The highest BCUT2D eigenvalue weighted by Gasteiger charge is 2.21. The smallest absolute Gasteiger partial charge is 0.115 e. The van der Waals surface area contributed by atoms with Crippen molar-refractivity contribution in [3.05, 3.63) is 24.3 Å². The lowest BCUT2D eigenvalue weighted by atomic mass is 10.3. The normalized spacial score (nSPS) is 11.6. The highest BCUT2D eigenvalue weighted by Crippen LogP contribution is 2.10. The van der Waals surface area contributed by atoms with E-state index >= 15 is 0 Å². The number of phenolic OH excluding ortho intramolecular Hbond substituents is 1. The molecule has 1 N–H and O–H groups in total. The van der Waals surface area contributed by atoms with Crippen LogP contribution in [0.4, 0.5) is 0 Å². The molecule has 0 aliphatic carbocycles. The van der Waals surface area contributed by atoms with Crippen molar-refractivity contribution in [2.24, 2.45) is 0 Å². The summed E-state index contributed by atoms with van der Waals surface area (Å²) in [4.78, 5) is 1.06. The van der Waals surface area contributed by atoms with Gasteiger partial charge >= 0.3 is 0 Å². The standard InChI is InChI=1S/C9H13BrOSi/c1-12(2,7-10)9-5-3-8(11)4-6-9/h3-6,11H,7H2,1-2H3. The summed E-state index contributed by atoms with van der Waals surface area (Å²) in [5.74, 6) is 0.345. The van der Waals surface area contributed by atoms with Crippen molar-refractivity contribution >= 4 is 29.2 Å².